The number of hydrogen-bond acceptors (Lipinski definition) is 3. The number of aromatic nitrogens is 2. The first-order chi connectivity index (χ1) is 14.2. The molecular formula is C21H20ClF3N4O. The first-order valence-corrected chi connectivity index (χ1v) is 9.45. The van der Waals surface area contributed by atoms with Gasteiger partial charge in [-0.1, -0.05) is 41.9 Å². The van der Waals surface area contributed by atoms with Crippen LogP contribution in [0, 0.1) is 0 Å². The predicted octanol–water partition coefficient (Wildman–Crippen LogP) is 4.54. The summed E-state index contributed by atoms with van der Waals surface area (Å²) in [6.07, 6.45) is -3.86. The van der Waals surface area contributed by atoms with Crippen molar-refractivity contribution in [2.75, 3.05) is 14.1 Å². The van der Waals surface area contributed by atoms with Crippen molar-refractivity contribution in [3.05, 3.63) is 82.1 Å². The maximum atomic E-state index is 13.8. The highest BCUT2D eigenvalue weighted by Gasteiger charge is 2.40. The van der Waals surface area contributed by atoms with Gasteiger partial charge in [-0.05, 0) is 43.4 Å². The van der Waals surface area contributed by atoms with Gasteiger partial charge in [0.15, 0.2) is 5.69 Å². The third-order valence-electron chi connectivity index (χ3n) is 4.38. The number of amides is 1. The minimum atomic E-state index is -4.78. The molecule has 0 aliphatic rings. The van der Waals surface area contributed by atoms with E-state index in [1.54, 1.807) is 6.07 Å². The Morgan fingerprint density at radius 1 is 1.13 bits per heavy atom. The second-order valence-electron chi connectivity index (χ2n) is 6.99. The molecule has 5 nitrogen and oxygen atoms in total. The standard InChI is InChI=1S/C21H20ClF3N4O/c1-28(2)13-15-7-4-3-6-14(15)11-26-20(30)18-12-27-29(19(18)21(23,24)25)17-9-5-8-16(22)10-17/h3-10,12H,11,13H2,1-2H3,(H,26,30). The second kappa shape index (κ2) is 8.89. The quantitative estimate of drug-likeness (QED) is 0.617. The van der Waals surface area contributed by atoms with Crippen LogP contribution in [0.1, 0.15) is 27.2 Å². The number of nitrogens with zero attached hydrogens (tertiary/aromatic N) is 3. The topological polar surface area (TPSA) is 50.2 Å². The van der Waals surface area contributed by atoms with E-state index < -0.39 is 23.3 Å². The summed E-state index contributed by atoms with van der Waals surface area (Å²) in [7, 11) is 3.82. The Bertz CT molecular complexity index is 1050. The molecule has 1 heterocycles. The molecule has 1 aromatic heterocycles. The molecule has 30 heavy (non-hydrogen) atoms. The van der Waals surface area contributed by atoms with Crippen molar-refractivity contribution in [1.29, 1.82) is 0 Å². The van der Waals surface area contributed by atoms with Gasteiger partial charge >= 0.3 is 6.18 Å². The molecule has 0 aliphatic heterocycles. The van der Waals surface area contributed by atoms with E-state index in [0.29, 0.717) is 11.2 Å². The van der Waals surface area contributed by atoms with E-state index in [9.17, 15) is 18.0 Å². The smallest absolute Gasteiger partial charge is 0.348 e. The highest BCUT2D eigenvalue weighted by molar-refractivity contribution is 6.30. The molecular weight excluding hydrogens is 417 g/mol. The van der Waals surface area contributed by atoms with Gasteiger partial charge < -0.3 is 10.2 Å². The van der Waals surface area contributed by atoms with Crippen LogP contribution in [0.5, 0.6) is 0 Å². The van der Waals surface area contributed by atoms with Gasteiger partial charge in [-0.3, -0.25) is 4.79 Å². The fourth-order valence-corrected chi connectivity index (χ4v) is 3.27. The third-order valence-corrected chi connectivity index (χ3v) is 4.61. The number of nitrogens with one attached hydrogen (secondary N) is 1. The number of halogens is 4. The molecule has 2 aromatic carbocycles. The van der Waals surface area contributed by atoms with Gasteiger partial charge in [-0.2, -0.15) is 18.3 Å². The number of benzene rings is 2. The first kappa shape index (κ1) is 21.9. The molecule has 0 bridgehead atoms. The van der Waals surface area contributed by atoms with Crippen molar-refractivity contribution in [3.8, 4) is 5.69 Å². The minimum Gasteiger partial charge on any atom is -0.348 e. The summed E-state index contributed by atoms with van der Waals surface area (Å²) in [5.41, 5.74) is 0.227. The number of alkyl halides is 3. The van der Waals surface area contributed by atoms with Crippen LogP contribution in [0.15, 0.2) is 54.7 Å². The Hall–Kier alpha value is -2.84. The van der Waals surface area contributed by atoms with Gasteiger partial charge in [0.05, 0.1) is 17.4 Å². The summed E-state index contributed by atoms with van der Waals surface area (Å²) in [5, 5.41) is 6.64. The van der Waals surface area contributed by atoms with Crippen molar-refractivity contribution in [2.24, 2.45) is 0 Å². The molecule has 1 N–H and O–H groups in total. The molecule has 0 fully saturated rings. The van der Waals surface area contributed by atoms with Gasteiger partial charge in [0, 0.05) is 18.1 Å². The monoisotopic (exact) mass is 436 g/mol. The number of hydrogen-bond donors (Lipinski definition) is 1. The zero-order valence-electron chi connectivity index (χ0n) is 16.4. The summed E-state index contributed by atoms with van der Waals surface area (Å²) < 4.78 is 42.0. The molecule has 158 valence electrons. The first-order valence-electron chi connectivity index (χ1n) is 9.07. The maximum Gasteiger partial charge on any atom is 0.434 e. The molecule has 0 saturated carbocycles. The highest BCUT2D eigenvalue weighted by Crippen LogP contribution is 2.34. The van der Waals surface area contributed by atoms with Crippen LogP contribution >= 0.6 is 11.6 Å². The minimum absolute atomic E-state index is 0.0997. The Morgan fingerprint density at radius 2 is 1.83 bits per heavy atom. The van der Waals surface area contributed by atoms with E-state index in [1.807, 2.05) is 43.3 Å². The normalized spacial score (nSPS) is 11.7. The summed E-state index contributed by atoms with van der Waals surface area (Å²) in [6, 6.07) is 13.3. The number of carbonyl (C=O) groups excluding carboxylic acids is 1. The lowest BCUT2D eigenvalue weighted by atomic mass is 10.1. The Kier molecular flexibility index (Phi) is 6.48. The number of carbonyl (C=O) groups is 1. The lowest BCUT2D eigenvalue weighted by Gasteiger charge is -2.15. The molecule has 0 spiro atoms. The largest absolute Gasteiger partial charge is 0.434 e. The van der Waals surface area contributed by atoms with Gasteiger partial charge in [-0.25, -0.2) is 4.68 Å². The van der Waals surface area contributed by atoms with Crippen LogP contribution in [-0.2, 0) is 19.3 Å². The molecule has 0 atom stereocenters. The van der Waals surface area contributed by atoms with Gasteiger partial charge in [-0.15, -0.1) is 0 Å². The molecule has 3 rings (SSSR count). The summed E-state index contributed by atoms with van der Waals surface area (Å²) in [6.45, 7) is 0.745. The van der Waals surface area contributed by atoms with Gasteiger partial charge in [0.25, 0.3) is 5.91 Å². The van der Waals surface area contributed by atoms with E-state index in [0.717, 1.165) is 17.3 Å². The molecule has 0 saturated heterocycles. The van der Waals surface area contributed by atoms with Crippen LogP contribution in [0.3, 0.4) is 0 Å². The SMILES string of the molecule is CN(C)Cc1ccccc1CNC(=O)c1cnn(-c2cccc(Cl)c2)c1C(F)(F)F. The molecule has 3 aromatic rings. The average Bonchev–Trinajstić information content (AvgIpc) is 3.12. The second-order valence-corrected chi connectivity index (χ2v) is 7.42. The third kappa shape index (κ3) is 5.01. The van der Waals surface area contributed by atoms with Crippen LogP contribution in [0.4, 0.5) is 13.2 Å². The van der Waals surface area contributed by atoms with Gasteiger partial charge in [0.2, 0.25) is 0 Å². The zero-order chi connectivity index (χ0) is 21.9. The Morgan fingerprint density at radius 3 is 2.47 bits per heavy atom. The lowest BCUT2D eigenvalue weighted by molar-refractivity contribution is -0.143. The maximum absolute atomic E-state index is 13.8. The van der Waals surface area contributed by atoms with Crippen LogP contribution in [0.2, 0.25) is 5.02 Å². The average molecular weight is 437 g/mol. The highest BCUT2D eigenvalue weighted by atomic mass is 35.5. The Labute approximate surface area is 177 Å². The molecule has 0 aliphatic carbocycles. The zero-order valence-corrected chi connectivity index (χ0v) is 17.1. The Balaban J connectivity index is 1.89. The summed E-state index contributed by atoms with van der Waals surface area (Å²) in [5.74, 6) is -0.852. The van der Waals surface area contributed by atoms with Crippen molar-refractivity contribution < 1.29 is 18.0 Å². The van der Waals surface area contributed by atoms with E-state index in [-0.39, 0.29) is 17.3 Å². The van der Waals surface area contributed by atoms with Crippen molar-refractivity contribution >= 4 is 17.5 Å². The van der Waals surface area contributed by atoms with Crippen LogP contribution < -0.4 is 5.32 Å². The lowest BCUT2D eigenvalue weighted by Crippen LogP contribution is -2.27. The predicted molar refractivity (Wildman–Crippen MR) is 109 cm³/mol. The molecule has 0 radical (unpaired) electrons. The number of rotatable bonds is 6. The summed E-state index contributed by atoms with van der Waals surface area (Å²) in [4.78, 5) is 14.6. The van der Waals surface area contributed by atoms with Crippen molar-refractivity contribution in [2.45, 2.75) is 19.3 Å². The van der Waals surface area contributed by atoms with E-state index in [4.69, 9.17) is 11.6 Å². The molecule has 1 amide bonds. The van der Waals surface area contributed by atoms with Crippen LogP contribution in [0.25, 0.3) is 5.69 Å². The summed E-state index contributed by atoms with van der Waals surface area (Å²) >= 11 is 5.89. The van der Waals surface area contributed by atoms with Crippen molar-refractivity contribution in [3.63, 3.8) is 0 Å². The van der Waals surface area contributed by atoms with Crippen molar-refractivity contribution in [1.82, 2.24) is 20.0 Å². The fourth-order valence-electron chi connectivity index (χ4n) is 3.09. The van der Waals surface area contributed by atoms with E-state index in [1.165, 1.54) is 18.2 Å². The van der Waals surface area contributed by atoms with E-state index in [2.05, 4.69) is 10.4 Å². The molecule has 0 unspecified atom stereocenters. The molecule has 9 heteroatoms. The van der Waals surface area contributed by atoms with E-state index >= 15 is 0 Å². The van der Waals surface area contributed by atoms with Crippen LogP contribution in [-0.4, -0.2) is 34.7 Å². The van der Waals surface area contributed by atoms with Gasteiger partial charge in [0.1, 0.15) is 0 Å². The fraction of sp³-hybridized carbons (Fsp3) is 0.238.